The van der Waals surface area contributed by atoms with Crippen LogP contribution in [0.2, 0.25) is 0 Å². The van der Waals surface area contributed by atoms with Gasteiger partial charge in [0.2, 0.25) is 11.8 Å². The number of hydrogen-bond acceptors (Lipinski definition) is 5. The van der Waals surface area contributed by atoms with Gasteiger partial charge >= 0.3 is 6.03 Å². The largest absolute Gasteiger partial charge is 0.497 e. The first-order valence-corrected chi connectivity index (χ1v) is 9.08. The van der Waals surface area contributed by atoms with Crippen molar-refractivity contribution in [2.45, 2.75) is 32.2 Å². The highest BCUT2D eigenvalue weighted by Gasteiger charge is 2.49. The number of methoxy groups -OCH3 is 1. The van der Waals surface area contributed by atoms with Gasteiger partial charge < -0.3 is 20.3 Å². The first kappa shape index (κ1) is 21.2. The average molecular weight is 390 g/mol. The Morgan fingerprint density at radius 3 is 2.50 bits per heavy atom. The van der Waals surface area contributed by atoms with Crippen molar-refractivity contribution in [2.75, 3.05) is 32.6 Å². The molecule has 5 amide bonds. The van der Waals surface area contributed by atoms with Gasteiger partial charge in [0.15, 0.2) is 0 Å². The number of rotatable bonds is 8. The van der Waals surface area contributed by atoms with E-state index >= 15 is 0 Å². The fraction of sp³-hybridized carbons (Fsp3) is 0.474. The molecule has 1 heterocycles. The number of amides is 5. The van der Waals surface area contributed by atoms with Crippen LogP contribution >= 0.6 is 0 Å². The lowest BCUT2D eigenvalue weighted by atomic mass is 9.93. The standard InChI is InChI=1S/C19H26N4O5/c1-5-19(6-2)17(26)23(18(27)21-19)12-16(25)22(3)11-15(24)20-13-8-7-9-14(10-13)28-4/h7-10H,5-6,11-12H2,1-4H3,(H,20,24)(H,21,27). The Bertz CT molecular complexity index is 775. The molecular weight excluding hydrogens is 364 g/mol. The summed E-state index contributed by atoms with van der Waals surface area (Å²) in [5, 5.41) is 5.34. The molecule has 0 atom stereocenters. The van der Waals surface area contributed by atoms with Gasteiger partial charge in [-0.1, -0.05) is 19.9 Å². The van der Waals surface area contributed by atoms with Crippen LogP contribution < -0.4 is 15.4 Å². The van der Waals surface area contributed by atoms with E-state index in [1.54, 1.807) is 24.3 Å². The lowest BCUT2D eigenvalue weighted by Gasteiger charge is -2.24. The number of nitrogens with one attached hydrogen (secondary N) is 2. The highest BCUT2D eigenvalue weighted by atomic mass is 16.5. The molecule has 1 aromatic rings. The van der Waals surface area contributed by atoms with Gasteiger partial charge in [0, 0.05) is 18.8 Å². The zero-order chi connectivity index (χ0) is 20.9. The Morgan fingerprint density at radius 2 is 1.93 bits per heavy atom. The molecule has 9 nitrogen and oxygen atoms in total. The molecule has 0 aliphatic carbocycles. The molecule has 152 valence electrons. The van der Waals surface area contributed by atoms with Crippen LogP contribution in [0.1, 0.15) is 26.7 Å². The first-order chi connectivity index (χ1) is 13.3. The molecule has 0 unspecified atom stereocenters. The van der Waals surface area contributed by atoms with Crippen LogP contribution in [0.4, 0.5) is 10.5 Å². The van der Waals surface area contributed by atoms with Gasteiger partial charge in [-0.3, -0.25) is 19.3 Å². The lowest BCUT2D eigenvalue weighted by Crippen LogP contribution is -2.47. The van der Waals surface area contributed by atoms with Crippen LogP contribution in [0.3, 0.4) is 0 Å². The summed E-state index contributed by atoms with van der Waals surface area (Å²) in [7, 11) is 2.97. The lowest BCUT2D eigenvalue weighted by molar-refractivity contribution is -0.139. The van der Waals surface area contributed by atoms with Gasteiger partial charge in [0.05, 0.1) is 13.7 Å². The van der Waals surface area contributed by atoms with E-state index in [0.29, 0.717) is 24.3 Å². The van der Waals surface area contributed by atoms with E-state index in [1.807, 2.05) is 13.8 Å². The molecule has 9 heteroatoms. The van der Waals surface area contributed by atoms with E-state index in [-0.39, 0.29) is 6.54 Å². The Hall–Kier alpha value is -3.10. The summed E-state index contributed by atoms with van der Waals surface area (Å²) in [5.74, 6) is -0.730. The minimum absolute atomic E-state index is 0.216. The van der Waals surface area contributed by atoms with E-state index in [0.717, 1.165) is 4.90 Å². The number of imide groups is 1. The van der Waals surface area contributed by atoms with Crippen LogP contribution in [0, 0.1) is 0 Å². The van der Waals surface area contributed by atoms with Crippen molar-refractivity contribution in [1.82, 2.24) is 15.1 Å². The summed E-state index contributed by atoms with van der Waals surface area (Å²) < 4.78 is 5.09. The van der Waals surface area contributed by atoms with Gasteiger partial charge in [-0.15, -0.1) is 0 Å². The first-order valence-electron chi connectivity index (χ1n) is 9.08. The van der Waals surface area contributed by atoms with E-state index in [4.69, 9.17) is 4.74 Å². The Labute approximate surface area is 164 Å². The predicted octanol–water partition coefficient (Wildman–Crippen LogP) is 1.20. The normalized spacial score (nSPS) is 15.2. The van der Waals surface area contributed by atoms with Gasteiger partial charge in [-0.25, -0.2) is 4.79 Å². The van der Waals surface area contributed by atoms with E-state index in [1.165, 1.54) is 19.1 Å². The molecule has 1 aromatic carbocycles. The third-order valence-corrected chi connectivity index (χ3v) is 4.91. The quantitative estimate of drug-likeness (QED) is 0.649. The number of nitrogens with zero attached hydrogens (tertiary/aromatic N) is 2. The number of ether oxygens (including phenoxy) is 1. The van der Waals surface area contributed by atoms with Gasteiger partial charge in [-0.2, -0.15) is 0 Å². The second-order valence-corrected chi connectivity index (χ2v) is 6.64. The third kappa shape index (κ3) is 4.41. The van der Waals surface area contributed by atoms with Crippen LogP contribution in [-0.2, 0) is 14.4 Å². The summed E-state index contributed by atoms with van der Waals surface area (Å²) >= 11 is 0. The second kappa shape index (κ2) is 8.73. The highest BCUT2D eigenvalue weighted by molar-refractivity contribution is 6.09. The molecule has 28 heavy (non-hydrogen) atoms. The van der Waals surface area contributed by atoms with Crippen molar-refractivity contribution < 1.29 is 23.9 Å². The van der Waals surface area contributed by atoms with Crippen LogP contribution in [-0.4, -0.2) is 66.3 Å². The number of likely N-dealkylation sites (N-methyl/N-ethyl adjacent to an activating group) is 1. The number of urea groups is 1. The Kier molecular flexibility index (Phi) is 6.61. The molecule has 1 aliphatic rings. The molecule has 0 spiro atoms. The Balaban J connectivity index is 1.94. The summed E-state index contributed by atoms with van der Waals surface area (Å²) in [4.78, 5) is 51.4. The average Bonchev–Trinajstić information content (AvgIpc) is 2.92. The smallest absolute Gasteiger partial charge is 0.325 e. The summed E-state index contributed by atoms with van der Waals surface area (Å²) in [5.41, 5.74) is -0.422. The van der Waals surface area contributed by atoms with Crippen LogP contribution in [0.5, 0.6) is 5.75 Å². The molecule has 1 fully saturated rings. The van der Waals surface area contributed by atoms with Crippen molar-refractivity contribution in [3.8, 4) is 5.75 Å². The number of carbonyl (C=O) groups is 4. The third-order valence-electron chi connectivity index (χ3n) is 4.91. The fourth-order valence-corrected chi connectivity index (χ4v) is 3.01. The summed E-state index contributed by atoms with van der Waals surface area (Å²) in [6, 6.07) is 6.24. The number of anilines is 1. The van der Waals surface area contributed by atoms with Crippen molar-refractivity contribution in [3.05, 3.63) is 24.3 Å². The van der Waals surface area contributed by atoms with E-state index in [2.05, 4.69) is 10.6 Å². The maximum absolute atomic E-state index is 12.6. The zero-order valence-electron chi connectivity index (χ0n) is 16.6. The van der Waals surface area contributed by atoms with Crippen LogP contribution in [0.25, 0.3) is 0 Å². The molecule has 1 aliphatic heterocycles. The van der Waals surface area contributed by atoms with Gasteiger partial charge in [0.25, 0.3) is 5.91 Å². The maximum atomic E-state index is 12.6. The van der Waals surface area contributed by atoms with Gasteiger partial charge in [0.1, 0.15) is 17.8 Å². The number of hydrogen-bond donors (Lipinski definition) is 2. The summed E-state index contributed by atoms with van der Waals surface area (Å²) in [6.45, 7) is 2.99. The van der Waals surface area contributed by atoms with Crippen LogP contribution in [0.15, 0.2) is 24.3 Å². The highest BCUT2D eigenvalue weighted by Crippen LogP contribution is 2.24. The van der Waals surface area contributed by atoms with Crippen molar-refractivity contribution in [3.63, 3.8) is 0 Å². The minimum Gasteiger partial charge on any atom is -0.497 e. The SMILES string of the molecule is CCC1(CC)NC(=O)N(CC(=O)N(C)CC(=O)Nc2cccc(OC)c2)C1=O. The molecule has 0 radical (unpaired) electrons. The van der Waals surface area contributed by atoms with E-state index < -0.39 is 35.8 Å². The maximum Gasteiger partial charge on any atom is 0.325 e. The molecule has 2 rings (SSSR count). The Morgan fingerprint density at radius 1 is 1.25 bits per heavy atom. The van der Waals surface area contributed by atoms with Crippen molar-refractivity contribution in [1.29, 1.82) is 0 Å². The fourth-order valence-electron chi connectivity index (χ4n) is 3.01. The molecule has 0 saturated carbocycles. The monoisotopic (exact) mass is 390 g/mol. The molecule has 1 saturated heterocycles. The molecule has 2 N–H and O–H groups in total. The minimum atomic E-state index is -0.959. The molecule has 0 bridgehead atoms. The second-order valence-electron chi connectivity index (χ2n) is 6.64. The van der Waals surface area contributed by atoms with Gasteiger partial charge in [-0.05, 0) is 25.0 Å². The predicted molar refractivity (Wildman–Crippen MR) is 103 cm³/mol. The topological polar surface area (TPSA) is 108 Å². The summed E-state index contributed by atoms with van der Waals surface area (Å²) in [6.07, 6.45) is 0.884. The number of carbonyl (C=O) groups excluding carboxylic acids is 4. The van der Waals surface area contributed by atoms with E-state index in [9.17, 15) is 19.2 Å². The molecule has 0 aromatic heterocycles. The zero-order valence-corrected chi connectivity index (χ0v) is 16.6. The van der Waals surface area contributed by atoms with Crippen molar-refractivity contribution in [2.24, 2.45) is 0 Å². The molecular formula is C19H26N4O5. The van der Waals surface area contributed by atoms with Crippen molar-refractivity contribution >= 4 is 29.4 Å². The number of benzene rings is 1.